The van der Waals surface area contributed by atoms with Crippen LogP contribution in [0, 0.1) is 0 Å². The molecule has 0 aliphatic carbocycles. The molecule has 0 fully saturated rings. The van der Waals surface area contributed by atoms with Crippen LogP contribution in [0.3, 0.4) is 0 Å². The SMILES string of the molecule is O=C(O)c1occc1-c1ccc(-c2ccc(OCCCCCCCCCl)cc2)cc1. The third-order valence-corrected chi connectivity index (χ3v) is 5.31. The molecular weight excluding hydrogens is 400 g/mol. The van der Waals surface area contributed by atoms with Gasteiger partial charge in [-0.2, -0.15) is 0 Å². The maximum absolute atomic E-state index is 11.2. The third-order valence-electron chi connectivity index (χ3n) is 5.04. The van der Waals surface area contributed by atoms with E-state index in [2.05, 4.69) is 0 Å². The largest absolute Gasteiger partial charge is 0.494 e. The molecule has 1 aromatic heterocycles. The Kier molecular flexibility index (Phi) is 8.40. The summed E-state index contributed by atoms with van der Waals surface area (Å²) in [5.74, 6) is 0.529. The van der Waals surface area contributed by atoms with Gasteiger partial charge in [-0.25, -0.2) is 4.79 Å². The lowest BCUT2D eigenvalue weighted by molar-refractivity contribution is 0.0663. The molecule has 0 saturated carbocycles. The summed E-state index contributed by atoms with van der Waals surface area (Å²) < 4.78 is 10.9. The van der Waals surface area contributed by atoms with Crippen molar-refractivity contribution in [1.29, 1.82) is 0 Å². The van der Waals surface area contributed by atoms with E-state index in [0.29, 0.717) is 5.56 Å². The highest BCUT2D eigenvalue weighted by Crippen LogP contribution is 2.29. The highest BCUT2D eigenvalue weighted by Gasteiger charge is 2.15. The number of carboxylic acids is 1. The van der Waals surface area contributed by atoms with Crippen molar-refractivity contribution in [2.75, 3.05) is 12.5 Å². The number of hydrogen-bond acceptors (Lipinski definition) is 3. The molecule has 30 heavy (non-hydrogen) atoms. The van der Waals surface area contributed by atoms with Gasteiger partial charge >= 0.3 is 5.97 Å². The standard InChI is InChI=1S/C25H27ClO4/c26-16-5-3-1-2-4-6-17-29-22-13-11-20(12-14-22)19-7-9-21(10-8-19)23-15-18-30-24(23)25(27)28/h7-15,18H,1-6,16-17H2,(H,27,28). The Bertz CT molecular complexity index is 913. The average Bonchev–Trinajstić information content (AvgIpc) is 3.27. The molecule has 3 aromatic rings. The number of ether oxygens (including phenoxy) is 1. The molecule has 2 aromatic carbocycles. The van der Waals surface area contributed by atoms with Crippen molar-refractivity contribution >= 4 is 17.6 Å². The number of aromatic carboxylic acids is 1. The lowest BCUT2D eigenvalue weighted by Crippen LogP contribution is -1.97. The van der Waals surface area contributed by atoms with Crippen LogP contribution in [0.15, 0.2) is 65.3 Å². The molecule has 0 aliphatic rings. The Morgan fingerprint density at radius 3 is 2.00 bits per heavy atom. The monoisotopic (exact) mass is 426 g/mol. The molecule has 1 N–H and O–H groups in total. The maximum Gasteiger partial charge on any atom is 0.372 e. The zero-order chi connectivity index (χ0) is 21.2. The van der Waals surface area contributed by atoms with Gasteiger partial charge in [0.1, 0.15) is 5.75 Å². The van der Waals surface area contributed by atoms with Gasteiger partial charge in [0.05, 0.1) is 12.9 Å². The number of benzene rings is 2. The quantitative estimate of drug-likeness (QED) is 0.244. The summed E-state index contributed by atoms with van der Waals surface area (Å²) in [4.78, 5) is 11.2. The van der Waals surface area contributed by atoms with Gasteiger partial charge in [-0.05, 0) is 47.7 Å². The molecule has 0 unspecified atom stereocenters. The normalized spacial score (nSPS) is 10.8. The molecule has 158 valence electrons. The smallest absolute Gasteiger partial charge is 0.372 e. The second-order valence-electron chi connectivity index (χ2n) is 7.23. The van der Waals surface area contributed by atoms with Crippen molar-refractivity contribution in [3.05, 3.63) is 66.6 Å². The summed E-state index contributed by atoms with van der Waals surface area (Å²) in [6.07, 6.45) is 8.46. The summed E-state index contributed by atoms with van der Waals surface area (Å²) in [6, 6.07) is 17.5. The Hall–Kier alpha value is -2.72. The van der Waals surface area contributed by atoms with Gasteiger partial charge in [-0.1, -0.05) is 62.1 Å². The van der Waals surface area contributed by atoms with E-state index < -0.39 is 5.97 Å². The number of furan rings is 1. The van der Waals surface area contributed by atoms with E-state index in [9.17, 15) is 9.90 Å². The summed E-state index contributed by atoms with van der Waals surface area (Å²) in [5, 5.41) is 9.20. The van der Waals surface area contributed by atoms with Gasteiger partial charge in [0.15, 0.2) is 0 Å². The van der Waals surface area contributed by atoms with Crippen LogP contribution in [-0.2, 0) is 0 Å². The van der Waals surface area contributed by atoms with E-state index in [1.165, 1.54) is 31.9 Å². The molecule has 0 aliphatic heterocycles. The molecule has 4 nitrogen and oxygen atoms in total. The van der Waals surface area contributed by atoms with E-state index >= 15 is 0 Å². The van der Waals surface area contributed by atoms with Crippen molar-refractivity contribution in [3.63, 3.8) is 0 Å². The number of unbranched alkanes of at least 4 members (excludes halogenated alkanes) is 5. The average molecular weight is 427 g/mol. The highest BCUT2D eigenvalue weighted by atomic mass is 35.5. The molecule has 0 atom stereocenters. The minimum Gasteiger partial charge on any atom is -0.494 e. The van der Waals surface area contributed by atoms with E-state index in [0.717, 1.165) is 47.8 Å². The van der Waals surface area contributed by atoms with Crippen LogP contribution < -0.4 is 4.74 Å². The van der Waals surface area contributed by atoms with Crippen LogP contribution in [0.25, 0.3) is 22.3 Å². The molecule has 1 heterocycles. The number of carboxylic acid groups (broad SMARTS) is 1. The highest BCUT2D eigenvalue weighted by molar-refractivity contribution is 6.17. The number of hydrogen-bond donors (Lipinski definition) is 1. The van der Waals surface area contributed by atoms with Crippen LogP contribution in [0.5, 0.6) is 5.75 Å². The Morgan fingerprint density at radius 2 is 1.37 bits per heavy atom. The minimum atomic E-state index is -1.07. The summed E-state index contributed by atoms with van der Waals surface area (Å²) in [6.45, 7) is 0.736. The molecule has 0 spiro atoms. The van der Waals surface area contributed by atoms with Crippen molar-refractivity contribution in [3.8, 4) is 28.0 Å². The van der Waals surface area contributed by atoms with E-state index in [-0.39, 0.29) is 5.76 Å². The second-order valence-corrected chi connectivity index (χ2v) is 7.61. The lowest BCUT2D eigenvalue weighted by Gasteiger charge is -2.08. The van der Waals surface area contributed by atoms with Gasteiger partial charge in [0.25, 0.3) is 0 Å². The molecular formula is C25H27ClO4. The second kappa shape index (κ2) is 11.5. The third kappa shape index (κ3) is 6.14. The van der Waals surface area contributed by atoms with Gasteiger partial charge in [0, 0.05) is 11.4 Å². The minimum absolute atomic E-state index is 0.0421. The predicted molar refractivity (Wildman–Crippen MR) is 120 cm³/mol. The first-order valence-corrected chi connectivity index (χ1v) is 10.9. The molecule has 3 rings (SSSR count). The van der Waals surface area contributed by atoms with E-state index in [4.69, 9.17) is 20.8 Å². The summed E-state index contributed by atoms with van der Waals surface area (Å²) in [5.41, 5.74) is 3.53. The number of rotatable bonds is 12. The number of halogens is 1. The summed E-state index contributed by atoms with van der Waals surface area (Å²) in [7, 11) is 0. The fourth-order valence-electron chi connectivity index (χ4n) is 3.38. The van der Waals surface area contributed by atoms with Crippen LogP contribution in [0.4, 0.5) is 0 Å². The molecule has 0 amide bonds. The van der Waals surface area contributed by atoms with Crippen molar-refractivity contribution in [1.82, 2.24) is 0 Å². The Morgan fingerprint density at radius 1 is 0.800 bits per heavy atom. The van der Waals surface area contributed by atoms with Crippen molar-refractivity contribution in [2.45, 2.75) is 38.5 Å². The number of alkyl halides is 1. The van der Waals surface area contributed by atoms with Crippen molar-refractivity contribution < 1.29 is 19.1 Å². The lowest BCUT2D eigenvalue weighted by atomic mass is 10.0. The van der Waals surface area contributed by atoms with Crippen LogP contribution in [0.2, 0.25) is 0 Å². The fourth-order valence-corrected chi connectivity index (χ4v) is 3.57. The molecule has 0 saturated heterocycles. The topological polar surface area (TPSA) is 59.7 Å². The maximum atomic E-state index is 11.2. The van der Waals surface area contributed by atoms with Gasteiger partial charge in [-0.15, -0.1) is 11.6 Å². The first-order chi connectivity index (χ1) is 14.7. The zero-order valence-corrected chi connectivity index (χ0v) is 17.7. The summed E-state index contributed by atoms with van der Waals surface area (Å²) >= 11 is 5.68. The van der Waals surface area contributed by atoms with Crippen LogP contribution in [0.1, 0.15) is 49.1 Å². The Labute approximate surface area is 182 Å². The first kappa shape index (κ1) is 22.0. The molecule has 0 radical (unpaired) electrons. The van der Waals surface area contributed by atoms with Gasteiger partial charge < -0.3 is 14.3 Å². The zero-order valence-electron chi connectivity index (χ0n) is 17.0. The van der Waals surface area contributed by atoms with Crippen LogP contribution in [-0.4, -0.2) is 23.6 Å². The predicted octanol–water partition coefficient (Wildman–Crippen LogP) is 7.27. The van der Waals surface area contributed by atoms with Crippen molar-refractivity contribution in [2.24, 2.45) is 0 Å². The first-order valence-electron chi connectivity index (χ1n) is 10.4. The van der Waals surface area contributed by atoms with E-state index in [1.807, 2.05) is 48.5 Å². The van der Waals surface area contributed by atoms with Gasteiger partial charge in [0.2, 0.25) is 5.76 Å². The van der Waals surface area contributed by atoms with E-state index in [1.54, 1.807) is 6.07 Å². The van der Waals surface area contributed by atoms with Crippen LogP contribution >= 0.6 is 11.6 Å². The molecule has 5 heteroatoms. The molecule has 0 bridgehead atoms. The Balaban J connectivity index is 1.50. The van der Waals surface area contributed by atoms with Gasteiger partial charge in [-0.3, -0.25) is 0 Å². The fraction of sp³-hybridized carbons (Fsp3) is 0.320. The number of carbonyl (C=O) groups is 1.